The molecule has 1 aromatic rings. The average Bonchev–Trinajstić information content (AvgIpc) is 2.41. The quantitative estimate of drug-likeness (QED) is 0.657. The van der Waals surface area contributed by atoms with Crippen molar-refractivity contribution in [1.29, 1.82) is 0 Å². The Hall–Kier alpha value is -1.37. The van der Waals surface area contributed by atoms with E-state index in [9.17, 15) is 22.0 Å². The van der Waals surface area contributed by atoms with E-state index in [1.807, 2.05) is 13.8 Å². The van der Waals surface area contributed by atoms with Crippen LogP contribution in [0.2, 0.25) is 0 Å². The van der Waals surface area contributed by atoms with Crippen molar-refractivity contribution in [2.24, 2.45) is 5.92 Å². The van der Waals surface area contributed by atoms with Crippen LogP contribution in [-0.4, -0.2) is 25.8 Å². The van der Waals surface area contributed by atoms with Gasteiger partial charge in [-0.3, -0.25) is 0 Å². The van der Waals surface area contributed by atoms with Crippen molar-refractivity contribution < 1.29 is 31.4 Å². The molecule has 0 aliphatic carbocycles. The number of halogens is 5. The molecule has 0 aliphatic heterocycles. The third kappa shape index (κ3) is 5.12. The Morgan fingerprint density at radius 3 is 2.23 bits per heavy atom. The number of hydrogen-bond donors (Lipinski definition) is 0. The minimum absolute atomic E-state index is 0.215. The van der Waals surface area contributed by atoms with Crippen molar-refractivity contribution in [3.05, 3.63) is 29.8 Å². The summed E-state index contributed by atoms with van der Waals surface area (Å²) in [5, 5.41) is 0. The first kappa shape index (κ1) is 18.7. The lowest BCUT2D eigenvalue weighted by atomic mass is 10.0. The van der Waals surface area contributed by atoms with Crippen molar-refractivity contribution in [2.45, 2.75) is 38.5 Å². The van der Waals surface area contributed by atoms with Crippen LogP contribution in [0.5, 0.6) is 5.75 Å². The van der Waals surface area contributed by atoms with Gasteiger partial charge in [0.05, 0.1) is 19.1 Å². The van der Waals surface area contributed by atoms with Gasteiger partial charge < -0.3 is 9.47 Å². The molecule has 0 aliphatic rings. The molecule has 0 spiro atoms. The maximum atomic E-state index is 13.2. The van der Waals surface area contributed by atoms with Crippen molar-refractivity contribution in [1.82, 2.24) is 0 Å². The van der Waals surface area contributed by atoms with E-state index in [-0.39, 0.29) is 11.5 Å². The predicted molar refractivity (Wildman–Crippen MR) is 72.1 cm³/mol. The number of hydrogen-bond acceptors (Lipinski definition) is 2. The van der Waals surface area contributed by atoms with Gasteiger partial charge in [0, 0.05) is 7.11 Å². The van der Waals surface area contributed by atoms with E-state index in [0.29, 0.717) is 12.4 Å². The van der Waals surface area contributed by atoms with Crippen LogP contribution in [0.25, 0.3) is 0 Å². The van der Waals surface area contributed by atoms with Crippen LogP contribution in [0, 0.1) is 5.92 Å². The summed E-state index contributed by atoms with van der Waals surface area (Å²) in [6.07, 6.45) is -8.45. The van der Waals surface area contributed by atoms with Gasteiger partial charge in [-0.15, -0.1) is 0 Å². The van der Waals surface area contributed by atoms with Gasteiger partial charge in [0.2, 0.25) is 0 Å². The maximum Gasteiger partial charge on any atom is 0.453 e. The topological polar surface area (TPSA) is 18.5 Å². The van der Waals surface area contributed by atoms with E-state index in [4.69, 9.17) is 9.47 Å². The van der Waals surface area contributed by atoms with E-state index < -0.39 is 24.6 Å². The van der Waals surface area contributed by atoms with Crippen LogP contribution in [0.15, 0.2) is 24.3 Å². The summed E-state index contributed by atoms with van der Waals surface area (Å²) < 4.78 is 73.5. The summed E-state index contributed by atoms with van der Waals surface area (Å²) in [4.78, 5) is 0. The second-order valence-corrected chi connectivity index (χ2v) is 5.41. The van der Waals surface area contributed by atoms with Crippen LogP contribution in [0.1, 0.15) is 31.9 Å². The smallest absolute Gasteiger partial charge is 0.453 e. The maximum absolute atomic E-state index is 13.2. The van der Waals surface area contributed by atoms with Crippen molar-refractivity contribution in [3.8, 4) is 5.75 Å². The Bertz CT molecular complexity index is 471. The van der Waals surface area contributed by atoms with Gasteiger partial charge in [-0.1, -0.05) is 26.0 Å². The average molecular weight is 326 g/mol. The molecular formula is C15H19F5O2. The number of ether oxygens (including phenoxy) is 2. The summed E-state index contributed by atoms with van der Waals surface area (Å²) >= 11 is 0. The van der Waals surface area contributed by atoms with E-state index in [2.05, 4.69) is 0 Å². The van der Waals surface area contributed by atoms with Crippen molar-refractivity contribution >= 4 is 0 Å². The van der Waals surface area contributed by atoms with Gasteiger partial charge in [0.15, 0.2) is 0 Å². The normalized spacial score (nSPS) is 14.2. The molecule has 0 N–H and O–H groups in total. The Morgan fingerprint density at radius 2 is 1.73 bits per heavy atom. The van der Waals surface area contributed by atoms with Gasteiger partial charge >= 0.3 is 12.1 Å². The second kappa shape index (κ2) is 7.26. The number of alkyl halides is 5. The number of benzene rings is 1. The Kier molecular flexibility index (Phi) is 6.17. The van der Waals surface area contributed by atoms with Crippen LogP contribution in [0.3, 0.4) is 0 Å². The molecule has 0 fully saturated rings. The molecule has 2 nitrogen and oxygen atoms in total. The monoisotopic (exact) mass is 326 g/mol. The summed E-state index contributed by atoms with van der Waals surface area (Å²) in [6.45, 7) is 4.29. The Labute approximate surface area is 126 Å². The fourth-order valence-corrected chi connectivity index (χ4v) is 1.75. The number of methoxy groups -OCH3 is 1. The van der Waals surface area contributed by atoms with E-state index in [1.54, 1.807) is 6.07 Å². The lowest BCUT2D eigenvalue weighted by molar-refractivity contribution is -0.291. The molecule has 0 amide bonds. The highest BCUT2D eigenvalue weighted by atomic mass is 19.4. The van der Waals surface area contributed by atoms with Crippen molar-refractivity contribution in [2.75, 3.05) is 13.7 Å². The summed E-state index contributed by atoms with van der Waals surface area (Å²) in [6, 6.07) is 6.00. The Morgan fingerprint density at radius 1 is 1.09 bits per heavy atom. The molecule has 0 bridgehead atoms. The first-order valence-electron chi connectivity index (χ1n) is 6.77. The van der Waals surface area contributed by atoms with Crippen molar-refractivity contribution in [3.63, 3.8) is 0 Å². The van der Waals surface area contributed by atoms with Gasteiger partial charge in [-0.25, -0.2) is 0 Å². The molecule has 1 unspecified atom stereocenters. The zero-order valence-electron chi connectivity index (χ0n) is 12.6. The van der Waals surface area contributed by atoms with Gasteiger partial charge in [0.25, 0.3) is 0 Å². The molecule has 1 rings (SSSR count). The van der Waals surface area contributed by atoms with Gasteiger partial charge in [-0.2, -0.15) is 22.0 Å². The van der Waals surface area contributed by atoms with Gasteiger partial charge in [0.1, 0.15) is 5.75 Å². The van der Waals surface area contributed by atoms with Gasteiger partial charge in [-0.05, 0) is 23.6 Å². The third-order valence-corrected chi connectivity index (χ3v) is 2.95. The van der Waals surface area contributed by atoms with Crippen LogP contribution in [0.4, 0.5) is 22.0 Å². The largest absolute Gasteiger partial charge is 0.493 e. The molecule has 126 valence electrons. The fourth-order valence-electron chi connectivity index (χ4n) is 1.75. The molecule has 0 radical (unpaired) electrons. The Balaban J connectivity index is 2.89. The highest BCUT2D eigenvalue weighted by molar-refractivity contribution is 5.30. The minimum atomic E-state index is -5.60. The summed E-state index contributed by atoms with van der Waals surface area (Å²) in [5.74, 6) is -4.15. The van der Waals surface area contributed by atoms with E-state index >= 15 is 0 Å². The summed E-state index contributed by atoms with van der Waals surface area (Å²) in [7, 11) is 1.10. The third-order valence-electron chi connectivity index (χ3n) is 2.95. The molecule has 7 heteroatoms. The SMILES string of the molecule is COC(CC(F)(F)C(F)(F)F)c1cccc(OCC(C)C)c1. The molecular weight excluding hydrogens is 307 g/mol. The first-order valence-corrected chi connectivity index (χ1v) is 6.77. The first-order chi connectivity index (χ1) is 10.1. The molecule has 0 heterocycles. The highest BCUT2D eigenvalue weighted by Gasteiger charge is 2.58. The molecule has 22 heavy (non-hydrogen) atoms. The second-order valence-electron chi connectivity index (χ2n) is 5.41. The lowest BCUT2D eigenvalue weighted by Crippen LogP contribution is -2.38. The summed E-state index contributed by atoms with van der Waals surface area (Å²) in [5.41, 5.74) is 0.215. The van der Waals surface area contributed by atoms with Crippen LogP contribution in [-0.2, 0) is 4.74 Å². The molecule has 0 saturated carbocycles. The molecule has 1 atom stereocenters. The standard InChI is InChI=1S/C15H19F5O2/c1-10(2)9-22-12-6-4-5-11(7-12)13(21-3)8-14(16,17)15(18,19)20/h4-7,10,13H,8-9H2,1-3H3. The molecule has 0 aromatic heterocycles. The lowest BCUT2D eigenvalue weighted by Gasteiger charge is -2.24. The fraction of sp³-hybridized carbons (Fsp3) is 0.600. The number of rotatable bonds is 7. The highest BCUT2D eigenvalue weighted by Crippen LogP contribution is 2.42. The minimum Gasteiger partial charge on any atom is -0.493 e. The van der Waals surface area contributed by atoms with Crippen LogP contribution >= 0.6 is 0 Å². The zero-order chi connectivity index (χ0) is 17.0. The molecule has 1 aromatic carbocycles. The van der Waals surface area contributed by atoms with E-state index in [1.165, 1.54) is 18.2 Å². The molecule has 0 saturated heterocycles. The zero-order valence-corrected chi connectivity index (χ0v) is 12.6. The van der Waals surface area contributed by atoms with Crippen LogP contribution < -0.4 is 4.74 Å². The van der Waals surface area contributed by atoms with E-state index in [0.717, 1.165) is 7.11 Å². The predicted octanol–water partition coefficient (Wildman–Crippen LogP) is 5.00.